The summed E-state index contributed by atoms with van der Waals surface area (Å²) in [4.78, 5) is 42.0. The van der Waals surface area contributed by atoms with Gasteiger partial charge >= 0.3 is 0 Å². The third-order valence-electron chi connectivity index (χ3n) is 8.14. The standard InChI is InChI=1S/C33H38N4O6S/c1-33(2)30(31(41)36-28-22-13-7-6-12-21(22)17-25(28)38)37(19-44-33)32(42)29(40)24(16-20-10-4-3-5-11-20)35-27(39)18-43-26-15-9-8-14-23(26)34/h3-15,24-25,28-30,38,40H,16-19,34H2,1-2H3,(H,35,39)(H,36,41)/t24-,25+,28-,29-,30+/m0/s1. The Kier molecular flexibility index (Phi) is 9.48. The summed E-state index contributed by atoms with van der Waals surface area (Å²) in [6.07, 6.45) is -1.85. The van der Waals surface area contributed by atoms with E-state index < -0.39 is 52.8 Å². The average molecular weight is 619 g/mol. The molecule has 6 N–H and O–H groups in total. The zero-order valence-corrected chi connectivity index (χ0v) is 25.5. The Hall–Kier alpha value is -4.06. The Labute approximate surface area is 261 Å². The topological polar surface area (TPSA) is 154 Å². The van der Waals surface area contributed by atoms with E-state index in [1.54, 1.807) is 24.3 Å². The van der Waals surface area contributed by atoms with Crippen LogP contribution in [0.2, 0.25) is 0 Å². The van der Waals surface area contributed by atoms with Gasteiger partial charge in [0, 0.05) is 11.2 Å². The van der Waals surface area contributed by atoms with Gasteiger partial charge in [-0.25, -0.2) is 0 Å². The van der Waals surface area contributed by atoms with Crippen LogP contribution in [0.5, 0.6) is 5.75 Å². The van der Waals surface area contributed by atoms with Crippen molar-refractivity contribution < 1.29 is 29.3 Å². The molecule has 0 unspecified atom stereocenters. The van der Waals surface area contributed by atoms with E-state index in [1.165, 1.54) is 16.7 Å². The third kappa shape index (κ3) is 6.85. The molecule has 2 aliphatic rings. The fourth-order valence-corrected chi connectivity index (χ4v) is 6.99. The molecule has 0 spiro atoms. The average Bonchev–Trinajstić information content (AvgIpc) is 3.50. The summed E-state index contributed by atoms with van der Waals surface area (Å²) in [5.41, 5.74) is 8.91. The first-order valence-electron chi connectivity index (χ1n) is 14.5. The van der Waals surface area contributed by atoms with E-state index >= 15 is 0 Å². The Morgan fingerprint density at radius 1 is 1.05 bits per heavy atom. The maximum atomic E-state index is 13.9. The summed E-state index contributed by atoms with van der Waals surface area (Å²) in [6.45, 7) is 3.37. The number of anilines is 1. The molecule has 3 aromatic carbocycles. The number of nitrogen functional groups attached to an aromatic ring is 1. The number of aliphatic hydroxyl groups is 2. The first-order valence-corrected chi connectivity index (χ1v) is 15.5. The highest BCUT2D eigenvalue weighted by Crippen LogP contribution is 2.41. The lowest BCUT2D eigenvalue weighted by atomic mass is 9.96. The number of nitrogens with zero attached hydrogens (tertiary/aromatic N) is 1. The predicted molar refractivity (Wildman–Crippen MR) is 169 cm³/mol. The minimum Gasteiger partial charge on any atom is -0.482 e. The highest BCUT2D eigenvalue weighted by molar-refractivity contribution is 8.00. The quantitative estimate of drug-likeness (QED) is 0.217. The number of para-hydroxylation sites is 2. The molecule has 1 heterocycles. The molecule has 1 aliphatic carbocycles. The molecule has 232 valence electrons. The summed E-state index contributed by atoms with van der Waals surface area (Å²) in [6, 6.07) is 21.0. The molecule has 0 saturated carbocycles. The van der Waals surface area contributed by atoms with E-state index in [1.807, 2.05) is 68.4 Å². The number of nitrogens with two attached hydrogens (primary N) is 1. The monoisotopic (exact) mass is 618 g/mol. The Bertz CT molecular complexity index is 1500. The van der Waals surface area contributed by atoms with Crippen molar-refractivity contribution in [3.8, 4) is 5.75 Å². The molecule has 1 fully saturated rings. The smallest absolute Gasteiger partial charge is 0.258 e. The van der Waals surface area contributed by atoms with Crippen LogP contribution in [0.4, 0.5) is 5.69 Å². The van der Waals surface area contributed by atoms with Crippen LogP contribution in [0, 0.1) is 0 Å². The van der Waals surface area contributed by atoms with Crippen LogP contribution >= 0.6 is 11.8 Å². The molecule has 0 aromatic heterocycles. The zero-order valence-electron chi connectivity index (χ0n) is 24.7. The normalized spacial score (nSPS) is 21.6. The molecular formula is C33H38N4O6S. The number of fused-ring (bicyclic) bond motifs is 1. The fourth-order valence-electron chi connectivity index (χ4n) is 5.85. The lowest BCUT2D eigenvalue weighted by molar-refractivity contribution is -0.148. The summed E-state index contributed by atoms with van der Waals surface area (Å²) < 4.78 is 4.90. The highest BCUT2D eigenvalue weighted by atomic mass is 32.2. The van der Waals surface area contributed by atoms with Gasteiger partial charge in [0.1, 0.15) is 11.8 Å². The molecule has 1 saturated heterocycles. The number of carbonyl (C=O) groups excluding carboxylic acids is 3. The van der Waals surface area contributed by atoms with E-state index in [-0.39, 0.29) is 18.9 Å². The Balaban J connectivity index is 1.32. The van der Waals surface area contributed by atoms with Gasteiger partial charge in [0.05, 0.1) is 29.8 Å². The number of hydrogen-bond donors (Lipinski definition) is 5. The van der Waals surface area contributed by atoms with Gasteiger partial charge in [-0.1, -0.05) is 66.7 Å². The van der Waals surface area contributed by atoms with Crippen molar-refractivity contribution in [1.82, 2.24) is 15.5 Å². The molecule has 5 atom stereocenters. The second-order valence-corrected chi connectivity index (χ2v) is 13.3. The van der Waals surface area contributed by atoms with Gasteiger partial charge in [-0.15, -0.1) is 11.8 Å². The SMILES string of the molecule is CC1(C)SCN(C(=O)[C@@H](O)[C@H](Cc2ccccc2)NC(=O)COc2ccccc2N)[C@@H]1C(=O)N[C@H]1c2ccccc2C[C@H]1O. The maximum absolute atomic E-state index is 13.9. The van der Waals surface area contributed by atoms with Crippen LogP contribution in [0.15, 0.2) is 78.9 Å². The number of amides is 3. The molecule has 0 bridgehead atoms. The summed E-state index contributed by atoms with van der Waals surface area (Å²) in [5, 5.41) is 27.9. The van der Waals surface area contributed by atoms with Crippen molar-refractivity contribution in [2.24, 2.45) is 0 Å². The molecular weight excluding hydrogens is 580 g/mol. The number of hydrogen-bond acceptors (Lipinski definition) is 8. The van der Waals surface area contributed by atoms with Crippen molar-refractivity contribution in [3.63, 3.8) is 0 Å². The zero-order chi connectivity index (χ0) is 31.4. The number of nitrogens with one attached hydrogen (secondary N) is 2. The van der Waals surface area contributed by atoms with Gasteiger partial charge in [-0.3, -0.25) is 14.4 Å². The molecule has 3 amide bonds. The van der Waals surface area contributed by atoms with Crippen molar-refractivity contribution in [1.29, 1.82) is 0 Å². The Morgan fingerprint density at radius 2 is 1.73 bits per heavy atom. The van der Waals surface area contributed by atoms with Crippen molar-refractivity contribution >= 4 is 35.2 Å². The van der Waals surface area contributed by atoms with Crippen molar-refractivity contribution in [2.75, 3.05) is 18.2 Å². The summed E-state index contributed by atoms with van der Waals surface area (Å²) in [5.74, 6) is -1.11. The first-order chi connectivity index (χ1) is 21.0. The number of ether oxygens (including phenoxy) is 1. The van der Waals surface area contributed by atoms with E-state index in [2.05, 4.69) is 10.6 Å². The highest BCUT2D eigenvalue weighted by Gasteiger charge is 2.50. The van der Waals surface area contributed by atoms with Crippen LogP contribution < -0.4 is 21.1 Å². The van der Waals surface area contributed by atoms with Crippen LogP contribution in [-0.4, -0.2) is 74.4 Å². The molecule has 1 aliphatic heterocycles. The molecule has 0 radical (unpaired) electrons. The van der Waals surface area contributed by atoms with Gasteiger partial charge in [0.15, 0.2) is 12.7 Å². The second-order valence-electron chi connectivity index (χ2n) is 11.7. The number of benzene rings is 3. The third-order valence-corrected chi connectivity index (χ3v) is 9.51. The summed E-state index contributed by atoms with van der Waals surface area (Å²) in [7, 11) is 0. The lowest BCUT2D eigenvalue weighted by Gasteiger charge is -2.34. The molecule has 11 heteroatoms. The predicted octanol–water partition coefficient (Wildman–Crippen LogP) is 2.19. The molecule has 3 aromatic rings. The molecule has 5 rings (SSSR count). The maximum Gasteiger partial charge on any atom is 0.258 e. The van der Waals surface area contributed by atoms with E-state index in [9.17, 15) is 24.6 Å². The van der Waals surface area contributed by atoms with Crippen LogP contribution in [0.25, 0.3) is 0 Å². The van der Waals surface area contributed by atoms with Crippen LogP contribution in [-0.2, 0) is 27.2 Å². The Morgan fingerprint density at radius 3 is 2.48 bits per heavy atom. The first kappa shape index (κ1) is 31.4. The van der Waals surface area contributed by atoms with Crippen molar-refractivity contribution in [2.45, 2.75) is 61.8 Å². The van der Waals surface area contributed by atoms with Gasteiger partial charge in [0.2, 0.25) is 5.91 Å². The number of aliphatic hydroxyl groups excluding tert-OH is 2. The van der Waals surface area contributed by atoms with E-state index in [4.69, 9.17) is 10.5 Å². The minimum atomic E-state index is -1.65. The van der Waals surface area contributed by atoms with Gasteiger partial charge in [-0.05, 0) is 49.1 Å². The van der Waals surface area contributed by atoms with Gasteiger partial charge < -0.3 is 36.2 Å². The second kappa shape index (κ2) is 13.3. The fraction of sp³-hybridized carbons (Fsp3) is 0.364. The van der Waals surface area contributed by atoms with Crippen LogP contribution in [0.3, 0.4) is 0 Å². The lowest BCUT2D eigenvalue weighted by Crippen LogP contribution is -2.59. The summed E-state index contributed by atoms with van der Waals surface area (Å²) >= 11 is 1.42. The number of carbonyl (C=O) groups is 3. The van der Waals surface area contributed by atoms with Crippen LogP contribution in [0.1, 0.15) is 36.6 Å². The largest absolute Gasteiger partial charge is 0.482 e. The minimum absolute atomic E-state index is 0.166. The van der Waals surface area contributed by atoms with Crippen molar-refractivity contribution in [3.05, 3.63) is 95.6 Å². The van der Waals surface area contributed by atoms with E-state index in [0.717, 1.165) is 16.7 Å². The number of rotatable bonds is 10. The van der Waals surface area contributed by atoms with E-state index in [0.29, 0.717) is 17.9 Å². The van der Waals surface area contributed by atoms with Gasteiger partial charge in [-0.2, -0.15) is 0 Å². The van der Waals surface area contributed by atoms with Gasteiger partial charge in [0.25, 0.3) is 11.8 Å². The molecule has 44 heavy (non-hydrogen) atoms. The molecule has 10 nitrogen and oxygen atoms in total. The number of thioether (sulfide) groups is 1.